The Bertz CT molecular complexity index is 1190. The minimum atomic E-state index is 0.216. The topological polar surface area (TPSA) is 41.4 Å². The van der Waals surface area contributed by atoms with Gasteiger partial charge in [0.25, 0.3) is 0 Å². The lowest BCUT2D eigenvalue weighted by Crippen LogP contribution is -2.49. The number of amides is 1. The van der Waals surface area contributed by atoms with E-state index in [0.717, 1.165) is 56.2 Å². The summed E-state index contributed by atoms with van der Waals surface area (Å²) < 4.78 is 2.21. The minimum absolute atomic E-state index is 0.216. The molecule has 5 heteroatoms. The molecule has 2 heterocycles. The molecule has 4 aromatic rings. The van der Waals surface area contributed by atoms with E-state index in [9.17, 15) is 4.79 Å². The summed E-state index contributed by atoms with van der Waals surface area (Å²) in [5.74, 6) is 1.22. The summed E-state index contributed by atoms with van der Waals surface area (Å²) in [6.45, 7) is 5.25. The molecule has 1 aromatic heterocycles. The van der Waals surface area contributed by atoms with E-state index < -0.39 is 0 Å². The lowest BCUT2D eigenvalue weighted by Gasteiger charge is -2.35. The van der Waals surface area contributed by atoms with Gasteiger partial charge in [0, 0.05) is 57.2 Å². The summed E-state index contributed by atoms with van der Waals surface area (Å²) in [5.41, 5.74) is 4.59. The van der Waals surface area contributed by atoms with Crippen molar-refractivity contribution in [2.45, 2.75) is 13.0 Å². The molecule has 1 fully saturated rings. The lowest BCUT2D eigenvalue weighted by atomic mass is 10.0. The fraction of sp³-hybridized carbons (Fsp3) is 0.241. The molecule has 0 spiro atoms. The highest BCUT2D eigenvalue weighted by molar-refractivity contribution is 5.79. The van der Waals surface area contributed by atoms with Crippen LogP contribution in [0.5, 0.6) is 0 Å². The highest BCUT2D eigenvalue weighted by atomic mass is 16.2. The van der Waals surface area contributed by atoms with Gasteiger partial charge in [0.2, 0.25) is 5.91 Å². The van der Waals surface area contributed by atoms with Gasteiger partial charge in [-0.2, -0.15) is 0 Å². The number of aromatic nitrogens is 2. The van der Waals surface area contributed by atoms with Crippen molar-refractivity contribution in [1.29, 1.82) is 0 Å². The Morgan fingerprint density at radius 1 is 0.706 bits per heavy atom. The largest absolute Gasteiger partial charge is 0.340 e. The number of carbonyl (C=O) groups excluding carboxylic acids is 1. The lowest BCUT2D eigenvalue weighted by molar-refractivity contribution is -0.132. The van der Waals surface area contributed by atoms with Crippen molar-refractivity contribution < 1.29 is 4.79 Å². The van der Waals surface area contributed by atoms with Crippen LogP contribution in [0.4, 0.5) is 0 Å². The van der Waals surface area contributed by atoms with Crippen molar-refractivity contribution >= 4 is 5.91 Å². The molecular formula is C29H30N4O. The Morgan fingerprint density at radius 2 is 1.32 bits per heavy atom. The van der Waals surface area contributed by atoms with E-state index in [0.29, 0.717) is 6.42 Å². The highest BCUT2D eigenvalue weighted by Gasteiger charge is 2.21. The summed E-state index contributed by atoms with van der Waals surface area (Å²) in [4.78, 5) is 21.9. The number of rotatable bonds is 7. The summed E-state index contributed by atoms with van der Waals surface area (Å²) in [5, 5.41) is 0. The molecule has 0 aliphatic carbocycles. The molecule has 3 aromatic carbocycles. The number of nitrogens with zero attached hydrogens (tertiary/aromatic N) is 4. The zero-order valence-corrected chi connectivity index (χ0v) is 19.4. The molecule has 172 valence electrons. The first kappa shape index (κ1) is 22.1. The van der Waals surface area contributed by atoms with Crippen LogP contribution in [0.3, 0.4) is 0 Å². The van der Waals surface area contributed by atoms with Crippen molar-refractivity contribution in [3.63, 3.8) is 0 Å². The Morgan fingerprint density at radius 3 is 2.00 bits per heavy atom. The molecule has 0 radical (unpaired) electrons. The molecule has 0 atom stereocenters. The highest BCUT2D eigenvalue weighted by Crippen LogP contribution is 2.20. The number of imidazole rings is 1. The van der Waals surface area contributed by atoms with Crippen LogP contribution in [0.1, 0.15) is 5.56 Å². The monoisotopic (exact) mass is 450 g/mol. The van der Waals surface area contributed by atoms with Crippen LogP contribution in [0, 0.1) is 0 Å². The van der Waals surface area contributed by atoms with Crippen LogP contribution in [-0.2, 0) is 17.8 Å². The first-order chi connectivity index (χ1) is 16.8. The molecule has 1 aliphatic rings. The standard InChI is InChI=1S/C29H30N4O/c34-28(23-24-11-13-26(14-12-24)25-7-3-1-4-8-25)32-20-17-31(18-21-32)19-22-33-16-15-30-29(33)27-9-5-2-6-10-27/h1-16H,17-23H2. The second-order valence-electron chi connectivity index (χ2n) is 8.77. The normalized spacial score (nSPS) is 14.3. The van der Waals surface area contributed by atoms with Crippen LogP contribution in [-0.4, -0.2) is 58.0 Å². The molecule has 0 unspecified atom stereocenters. The molecule has 0 N–H and O–H groups in total. The molecule has 1 saturated heterocycles. The predicted molar refractivity (Wildman–Crippen MR) is 136 cm³/mol. The maximum Gasteiger partial charge on any atom is 0.227 e. The van der Waals surface area contributed by atoms with Crippen LogP contribution in [0.2, 0.25) is 0 Å². The SMILES string of the molecule is O=C(Cc1ccc(-c2ccccc2)cc1)N1CCN(CCn2ccnc2-c2ccccc2)CC1. The Hall–Kier alpha value is -3.70. The van der Waals surface area contributed by atoms with Gasteiger partial charge in [-0.05, 0) is 16.7 Å². The van der Waals surface area contributed by atoms with Gasteiger partial charge < -0.3 is 9.47 Å². The van der Waals surface area contributed by atoms with Gasteiger partial charge in [-0.3, -0.25) is 9.69 Å². The number of benzene rings is 3. The number of piperazine rings is 1. The van der Waals surface area contributed by atoms with Gasteiger partial charge in [0.15, 0.2) is 0 Å². The Balaban J connectivity index is 1.10. The summed E-state index contributed by atoms with van der Waals surface area (Å²) >= 11 is 0. The van der Waals surface area contributed by atoms with Crippen molar-refractivity contribution in [2.75, 3.05) is 32.7 Å². The second-order valence-corrected chi connectivity index (χ2v) is 8.77. The van der Waals surface area contributed by atoms with Crippen molar-refractivity contribution in [3.8, 4) is 22.5 Å². The first-order valence-corrected chi connectivity index (χ1v) is 12.0. The Labute approximate surface area is 201 Å². The molecular weight excluding hydrogens is 420 g/mol. The van der Waals surface area contributed by atoms with E-state index in [2.05, 4.69) is 63.0 Å². The summed E-state index contributed by atoms with van der Waals surface area (Å²) in [7, 11) is 0. The average Bonchev–Trinajstić information content (AvgIpc) is 3.38. The van der Waals surface area contributed by atoms with Crippen LogP contribution in [0.15, 0.2) is 97.3 Å². The zero-order valence-electron chi connectivity index (χ0n) is 19.4. The predicted octanol–water partition coefficient (Wildman–Crippen LogP) is 4.60. The zero-order chi connectivity index (χ0) is 23.2. The molecule has 0 bridgehead atoms. The van der Waals surface area contributed by atoms with E-state index in [4.69, 9.17) is 0 Å². The van der Waals surface area contributed by atoms with Gasteiger partial charge in [0.05, 0.1) is 6.42 Å². The van der Waals surface area contributed by atoms with Gasteiger partial charge in [-0.15, -0.1) is 0 Å². The van der Waals surface area contributed by atoms with E-state index >= 15 is 0 Å². The third kappa shape index (κ3) is 5.26. The maximum absolute atomic E-state index is 12.9. The third-order valence-electron chi connectivity index (χ3n) is 6.55. The molecule has 5 nitrogen and oxygen atoms in total. The maximum atomic E-state index is 12.9. The number of hydrogen-bond donors (Lipinski definition) is 0. The number of hydrogen-bond acceptors (Lipinski definition) is 3. The summed E-state index contributed by atoms with van der Waals surface area (Å²) in [6.07, 6.45) is 4.38. The minimum Gasteiger partial charge on any atom is -0.340 e. The first-order valence-electron chi connectivity index (χ1n) is 12.0. The van der Waals surface area contributed by atoms with Gasteiger partial charge in [-0.1, -0.05) is 84.9 Å². The van der Waals surface area contributed by atoms with E-state index in [1.54, 1.807) is 0 Å². The van der Waals surface area contributed by atoms with Crippen molar-refractivity contribution in [3.05, 3.63) is 103 Å². The van der Waals surface area contributed by atoms with Gasteiger partial charge in [-0.25, -0.2) is 4.98 Å². The van der Waals surface area contributed by atoms with Crippen LogP contribution >= 0.6 is 0 Å². The van der Waals surface area contributed by atoms with Gasteiger partial charge in [0.1, 0.15) is 5.82 Å². The van der Waals surface area contributed by atoms with E-state index in [-0.39, 0.29) is 5.91 Å². The quantitative estimate of drug-likeness (QED) is 0.413. The molecule has 5 rings (SSSR count). The van der Waals surface area contributed by atoms with Crippen LogP contribution in [0.25, 0.3) is 22.5 Å². The molecule has 34 heavy (non-hydrogen) atoms. The van der Waals surface area contributed by atoms with Crippen LogP contribution < -0.4 is 0 Å². The number of carbonyl (C=O) groups is 1. The van der Waals surface area contributed by atoms with Crippen molar-refractivity contribution in [1.82, 2.24) is 19.4 Å². The van der Waals surface area contributed by atoms with Gasteiger partial charge >= 0.3 is 0 Å². The average molecular weight is 451 g/mol. The van der Waals surface area contributed by atoms with E-state index in [1.807, 2.05) is 53.7 Å². The molecule has 0 saturated carbocycles. The fourth-order valence-electron chi connectivity index (χ4n) is 4.54. The van der Waals surface area contributed by atoms with E-state index in [1.165, 1.54) is 11.1 Å². The smallest absolute Gasteiger partial charge is 0.227 e. The molecule has 1 aliphatic heterocycles. The summed E-state index contributed by atoms with van der Waals surface area (Å²) in [6, 6.07) is 29.0. The molecule has 1 amide bonds. The second kappa shape index (κ2) is 10.5. The third-order valence-corrected chi connectivity index (χ3v) is 6.55. The van der Waals surface area contributed by atoms with Crippen molar-refractivity contribution in [2.24, 2.45) is 0 Å². The Kier molecular flexibility index (Phi) is 6.82. The fourth-order valence-corrected chi connectivity index (χ4v) is 4.54.